The lowest BCUT2D eigenvalue weighted by atomic mass is 9.82. The van der Waals surface area contributed by atoms with Crippen molar-refractivity contribution in [3.05, 3.63) is 118 Å². The van der Waals surface area contributed by atoms with E-state index in [2.05, 4.69) is 44.3 Å². The Morgan fingerprint density at radius 1 is 0.900 bits per heavy atom. The summed E-state index contributed by atoms with van der Waals surface area (Å²) in [7, 11) is 0. The van der Waals surface area contributed by atoms with Gasteiger partial charge in [0.15, 0.2) is 0 Å². The minimum Gasteiger partial charge on any atom is -0.464 e. The van der Waals surface area contributed by atoms with Gasteiger partial charge in [-0.2, -0.15) is 5.26 Å². The van der Waals surface area contributed by atoms with Gasteiger partial charge in [-0.1, -0.05) is 81.4 Å². The maximum absolute atomic E-state index is 13.2. The van der Waals surface area contributed by atoms with Crippen molar-refractivity contribution < 1.29 is 14.3 Å². The number of amides is 1. The first kappa shape index (κ1) is 28.5. The van der Waals surface area contributed by atoms with Crippen molar-refractivity contribution in [1.29, 1.82) is 5.26 Å². The van der Waals surface area contributed by atoms with Crippen LogP contribution in [0.2, 0.25) is 0 Å². The monoisotopic (exact) mass is 533 g/mol. The number of carbonyl (C=O) groups excluding carboxylic acids is 2. The van der Waals surface area contributed by atoms with Gasteiger partial charge in [-0.15, -0.1) is 0 Å². The second kappa shape index (κ2) is 11.7. The number of nitriles is 1. The van der Waals surface area contributed by atoms with Crippen LogP contribution in [-0.2, 0) is 33.5 Å². The van der Waals surface area contributed by atoms with E-state index >= 15 is 0 Å². The summed E-state index contributed by atoms with van der Waals surface area (Å²) < 4.78 is 5.43. The van der Waals surface area contributed by atoms with Crippen LogP contribution in [0.25, 0.3) is 10.8 Å². The Balaban J connectivity index is 1.62. The number of rotatable bonds is 8. The third-order valence-corrected chi connectivity index (χ3v) is 7.12. The fraction of sp³-hybridized carbons (Fsp3) is 0.265. The second-order valence-electron chi connectivity index (χ2n) is 11.0. The maximum Gasteiger partial charge on any atom is 0.331 e. The summed E-state index contributed by atoms with van der Waals surface area (Å²) in [5, 5.41) is 13.5. The van der Waals surface area contributed by atoms with Crippen LogP contribution in [0.1, 0.15) is 65.9 Å². The molecule has 0 saturated carbocycles. The molecule has 4 rings (SSSR count). The van der Waals surface area contributed by atoms with Crippen LogP contribution in [0.3, 0.4) is 0 Å². The molecule has 4 aromatic carbocycles. The molecule has 0 aromatic heterocycles. The standard InChI is InChI=1S/C34H35N3O3/c1-5-40-32(39)34(36,20-23-13-15-27(16-14-23)33(2,3)4)28-17-18-29-26(19-28)7-6-8-30(29)31(38)37-22-25-11-9-24(21-35)10-12-25/h6-19H,5,20,22,36H2,1-4H3,(H,37,38). The molecule has 0 spiro atoms. The summed E-state index contributed by atoms with van der Waals surface area (Å²) in [6.07, 6.45) is 0.270. The first-order chi connectivity index (χ1) is 19.0. The zero-order chi connectivity index (χ0) is 28.9. The van der Waals surface area contributed by atoms with E-state index in [1.165, 1.54) is 5.56 Å². The van der Waals surface area contributed by atoms with Crippen LogP contribution in [0.15, 0.2) is 84.9 Å². The molecule has 0 radical (unpaired) electrons. The topological polar surface area (TPSA) is 105 Å². The van der Waals surface area contributed by atoms with E-state index in [-0.39, 0.29) is 24.3 Å². The Hall–Kier alpha value is -4.47. The zero-order valence-corrected chi connectivity index (χ0v) is 23.5. The van der Waals surface area contributed by atoms with Crippen molar-refractivity contribution in [2.75, 3.05) is 6.61 Å². The summed E-state index contributed by atoms with van der Waals surface area (Å²) in [6, 6.07) is 28.4. The fourth-order valence-corrected chi connectivity index (χ4v) is 4.73. The van der Waals surface area contributed by atoms with Crippen LogP contribution >= 0.6 is 0 Å². The van der Waals surface area contributed by atoms with E-state index < -0.39 is 11.5 Å². The molecule has 204 valence electrons. The van der Waals surface area contributed by atoms with Gasteiger partial charge in [0.05, 0.1) is 18.2 Å². The van der Waals surface area contributed by atoms with Gasteiger partial charge in [0.1, 0.15) is 5.54 Å². The Labute approximate surface area is 235 Å². The Morgan fingerprint density at radius 2 is 1.55 bits per heavy atom. The molecule has 0 aliphatic carbocycles. The number of nitrogens with two attached hydrogens (primary N) is 1. The molecule has 0 aliphatic heterocycles. The second-order valence-corrected chi connectivity index (χ2v) is 11.0. The average molecular weight is 534 g/mol. The minimum atomic E-state index is -1.40. The Morgan fingerprint density at radius 3 is 2.17 bits per heavy atom. The van der Waals surface area contributed by atoms with Gasteiger partial charge in [-0.3, -0.25) is 4.79 Å². The third-order valence-electron chi connectivity index (χ3n) is 7.12. The molecule has 0 saturated heterocycles. The molecule has 0 fully saturated rings. The summed E-state index contributed by atoms with van der Waals surface area (Å²) in [6.45, 7) is 8.79. The molecule has 1 amide bonds. The molecular formula is C34H35N3O3. The van der Waals surface area contributed by atoms with Crippen molar-refractivity contribution in [1.82, 2.24) is 5.32 Å². The third kappa shape index (κ3) is 6.22. The summed E-state index contributed by atoms with van der Waals surface area (Å²) in [4.78, 5) is 26.3. The van der Waals surface area contributed by atoms with Crippen molar-refractivity contribution in [3.63, 3.8) is 0 Å². The predicted molar refractivity (Wildman–Crippen MR) is 158 cm³/mol. The first-order valence-electron chi connectivity index (χ1n) is 13.4. The van der Waals surface area contributed by atoms with Gasteiger partial charge in [0.25, 0.3) is 5.91 Å². The molecule has 1 atom stereocenters. The number of nitrogens with one attached hydrogen (secondary N) is 1. The van der Waals surface area contributed by atoms with E-state index in [4.69, 9.17) is 15.7 Å². The molecule has 0 aliphatic rings. The number of fused-ring (bicyclic) bond motifs is 1. The van der Waals surface area contributed by atoms with Crippen LogP contribution in [0.5, 0.6) is 0 Å². The van der Waals surface area contributed by atoms with Crippen molar-refractivity contribution >= 4 is 22.6 Å². The number of esters is 1. The number of ether oxygens (including phenoxy) is 1. The van der Waals surface area contributed by atoms with E-state index in [0.717, 1.165) is 21.9 Å². The van der Waals surface area contributed by atoms with Crippen LogP contribution in [0, 0.1) is 11.3 Å². The number of benzene rings is 4. The molecule has 6 heteroatoms. The molecule has 40 heavy (non-hydrogen) atoms. The van der Waals surface area contributed by atoms with Gasteiger partial charge < -0.3 is 15.8 Å². The Bertz CT molecular complexity index is 1560. The van der Waals surface area contributed by atoms with Crippen LogP contribution in [-0.4, -0.2) is 18.5 Å². The van der Waals surface area contributed by atoms with Crippen molar-refractivity contribution in [3.8, 4) is 6.07 Å². The summed E-state index contributed by atoms with van der Waals surface area (Å²) in [5.74, 6) is -0.711. The largest absolute Gasteiger partial charge is 0.464 e. The normalized spacial score (nSPS) is 12.8. The van der Waals surface area contributed by atoms with Crippen molar-refractivity contribution in [2.24, 2.45) is 5.73 Å². The average Bonchev–Trinajstić information content (AvgIpc) is 2.95. The van der Waals surface area contributed by atoms with Gasteiger partial charge in [0, 0.05) is 18.5 Å². The van der Waals surface area contributed by atoms with E-state index in [1.807, 2.05) is 48.5 Å². The zero-order valence-electron chi connectivity index (χ0n) is 23.5. The number of hydrogen-bond acceptors (Lipinski definition) is 5. The quantitative estimate of drug-likeness (QED) is 0.274. The highest BCUT2D eigenvalue weighted by Crippen LogP contribution is 2.31. The number of nitrogens with zero attached hydrogens (tertiary/aromatic N) is 1. The van der Waals surface area contributed by atoms with Gasteiger partial charge >= 0.3 is 5.97 Å². The lowest BCUT2D eigenvalue weighted by Crippen LogP contribution is -2.48. The lowest BCUT2D eigenvalue weighted by molar-refractivity contribution is -0.150. The SMILES string of the molecule is CCOC(=O)C(N)(Cc1ccc(C(C)(C)C)cc1)c1ccc2c(C(=O)NCc3ccc(C#N)cc3)cccc2c1. The smallest absolute Gasteiger partial charge is 0.331 e. The van der Waals surface area contributed by atoms with E-state index in [9.17, 15) is 9.59 Å². The number of hydrogen-bond donors (Lipinski definition) is 2. The lowest BCUT2D eigenvalue weighted by Gasteiger charge is -2.29. The minimum absolute atomic E-state index is 0.0177. The van der Waals surface area contributed by atoms with Crippen molar-refractivity contribution in [2.45, 2.75) is 51.6 Å². The summed E-state index contributed by atoms with van der Waals surface area (Å²) >= 11 is 0. The molecule has 0 bridgehead atoms. The highest BCUT2D eigenvalue weighted by atomic mass is 16.5. The predicted octanol–water partition coefficient (Wildman–Crippen LogP) is 5.90. The highest BCUT2D eigenvalue weighted by Gasteiger charge is 2.38. The highest BCUT2D eigenvalue weighted by molar-refractivity contribution is 6.07. The molecule has 0 heterocycles. The van der Waals surface area contributed by atoms with Crippen LogP contribution < -0.4 is 11.1 Å². The van der Waals surface area contributed by atoms with Gasteiger partial charge in [-0.05, 0) is 69.6 Å². The molecule has 1 unspecified atom stereocenters. The van der Waals surface area contributed by atoms with Gasteiger partial charge in [0.2, 0.25) is 0 Å². The van der Waals surface area contributed by atoms with Gasteiger partial charge in [-0.25, -0.2) is 4.79 Å². The molecule has 4 aromatic rings. The van der Waals surface area contributed by atoms with E-state index in [1.54, 1.807) is 31.2 Å². The molecule has 6 nitrogen and oxygen atoms in total. The van der Waals surface area contributed by atoms with E-state index in [0.29, 0.717) is 23.2 Å². The molecule has 3 N–H and O–H groups in total. The summed E-state index contributed by atoms with van der Waals surface area (Å²) in [5.41, 5.74) is 10.2. The first-order valence-corrected chi connectivity index (χ1v) is 13.4. The Kier molecular flexibility index (Phi) is 8.37. The fourth-order valence-electron chi connectivity index (χ4n) is 4.73. The number of carbonyl (C=O) groups is 2. The van der Waals surface area contributed by atoms with Crippen LogP contribution in [0.4, 0.5) is 0 Å². The maximum atomic E-state index is 13.2. The molecular weight excluding hydrogens is 498 g/mol.